The van der Waals surface area contributed by atoms with Crippen molar-refractivity contribution in [1.29, 1.82) is 0 Å². The second kappa shape index (κ2) is 7.25. The van der Waals surface area contributed by atoms with Crippen LogP contribution in [0.5, 0.6) is 0 Å². The number of carbonyl (C=O) groups is 1. The average molecular weight is 327 g/mol. The van der Waals surface area contributed by atoms with E-state index in [4.69, 9.17) is 4.74 Å². The third kappa shape index (κ3) is 3.15. The summed E-state index contributed by atoms with van der Waals surface area (Å²) in [7, 11) is 0. The van der Waals surface area contributed by atoms with Gasteiger partial charge in [0.15, 0.2) is 0 Å². The predicted octanol–water partition coefficient (Wildman–Crippen LogP) is 2.70. The van der Waals surface area contributed by atoms with Gasteiger partial charge in [-0.15, -0.1) is 0 Å². The number of anilines is 1. The number of ether oxygens (including phenoxy) is 1. The van der Waals surface area contributed by atoms with Gasteiger partial charge in [-0.05, 0) is 31.0 Å². The van der Waals surface area contributed by atoms with Gasteiger partial charge in [0.1, 0.15) is 12.4 Å². The number of fused-ring (bicyclic) bond motifs is 1. The summed E-state index contributed by atoms with van der Waals surface area (Å²) >= 11 is 0. The van der Waals surface area contributed by atoms with Crippen molar-refractivity contribution in [3.05, 3.63) is 47.7 Å². The Morgan fingerprint density at radius 2 is 2.12 bits per heavy atom. The molecule has 0 radical (unpaired) electrons. The van der Waals surface area contributed by atoms with E-state index in [0.717, 1.165) is 30.5 Å². The van der Waals surface area contributed by atoms with Gasteiger partial charge in [0, 0.05) is 18.1 Å². The van der Waals surface area contributed by atoms with Gasteiger partial charge in [-0.2, -0.15) is 10.1 Å². The highest BCUT2D eigenvalue weighted by atomic mass is 16.5. The van der Waals surface area contributed by atoms with Gasteiger partial charge >= 0.3 is 5.97 Å². The Bertz CT molecular complexity index is 738. The molecule has 126 valence electrons. The highest BCUT2D eigenvalue weighted by Crippen LogP contribution is 2.34. The Labute approximate surface area is 140 Å². The van der Waals surface area contributed by atoms with Crippen molar-refractivity contribution < 1.29 is 9.53 Å². The molecule has 1 N–H and O–H groups in total. The van der Waals surface area contributed by atoms with Crippen LogP contribution in [0.3, 0.4) is 0 Å². The lowest BCUT2D eigenvalue weighted by Crippen LogP contribution is -2.29. The first-order chi connectivity index (χ1) is 11.7. The molecule has 1 atom stereocenters. The molecule has 0 saturated carbocycles. The first-order valence-corrected chi connectivity index (χ1v) is 8.16. The maximum absolute atomic E-state index is 12.7. The Morgan fingerprint density at radius 1 is 1.33 bits per heavy atom. The van der Waals surface area contributed by atoms with Gasteiger partial charge in [0.05, 0.1) is 12.2 Å². The molecule has 2 aromatic rings. The monoisotopic (exact) mass is 327 g/mol. The molecule has 1 aliphatic rings. The molecule has 0 amide bonds. The summed E-state index contributed by atoms with van der Waals surface area (Å²) in [5.74, 6) is 0.288. The molecule has 3 heterocycles. The number of hydrogen-bond donors (Lipinski definition) is 1. The number of unbranched alkanes of at least 4 members (excludes halogenated alkanes) is 2. The van der Waals surface area contributed by atoms with E-state index in [-0.39, 0.29) is 12.0 Å². The number of carbonyl (C=O) groups excluding carboxylic acids is 1. The number of allylic oxidation sites excluding steroid dienone is 1. The predicted molar refractivity (Wildman–Crippen MR) is 89.2 cm³/mol. The fourth-order valence-electron chi connectivity index (χ4n) is 2.80. The maximum Gasteiger partial charge on any atom is 0.338 e. The zero-order chi connectivity index (χ0) is 16.9. The molecule has 2 aromatic heterocycles. The van der Waals surface area contributed by atoms with Gasteiger partial charge in [0.25, 0.3) is 0 Å². The van der Waals surface area contributed by atoms with E-state index in [1.165, 1.54) is 6.33 Å². The van der Waals surface area contributed by atoms with E-state index >= 15 is 0 Å². The van der Waals surface area contributed by atoms with Crippen LogP contribution in [0.25, 0.3) is 0 Å². The highest BCUT2D eigenvalue weighted by Gasteiger charge is 2.34. The van der Waals surface area contributed by atoms with Crippen molar-refractivity contribution in [2.24, 2.45) is 0 Å². The summed E-state index contributed by atoms with van der Waals surface area (Å²) in [6.45, 7) is 4.40. The number of hydrogen-bond acceptors (Lipinski definition) is 6. The molecule has 24 heavy (non-hydrogen) atoms. The van der Waals surface area contributed by atoms with Gasteiger partial charge in [-0.25, -0.2) is 9.48 Å². The van der Waals surface area contributed by atoms with Crippen molar-refractivity contribution in [3.8, 4) is 0 Å². The summed E-state index contributed by atoms with van der Waals surface area (Å²) in [6.07, 6.45) is 7.88. The number of rotatable bonds is 6. The molecule has 7 heteroatoms. The topological polar surface area (TPSA) is 81.9 Å². The van der Waals surface area contributed by atoms with Gasteiger partial charge in [-0.1, -0.05) is 19.8 Å². The van der Waals surface area contributed by atoms with Crippen LogP contribution >= 0.6 is 0 Å². The lowest BCUT2D eigenvalue weighted by atomic mass is 9.96. The molecule has 0 aromatic carbocycles. The van der Waals surface area contributed by atoms with Crippen LogP contribution in [0.2, 0.25) is 0 Å². The Morgan fingerprint density at radius 3 is 2.88 bits per heavy atom. The van der Waals surface area contributed by atoms with Gasteiger partial charge in [-0.3, -0.25) is 4.98 Å². The molecule has 0 aliphatic carbocycles. The van der Waals surface area contributed by atoms with Gasteiger partial charge in [0.2, 0.25) is 5.95 Å². The fraction of sp³-hybridized carbons (Fsp3) is 0.412. The Hall–Kier alpha value is -2.70. The minimum atomic E-state index is -0.370. The second-order valence-electron chi connectivity index (χ2n) is 5.72. The molecule has 0 bridgehead atoms. The third-order valence-electron chi connectivity index (χ3n) is 4.02. The minimum absolute atomic E-state index is 0.320. The fourth-order valence-corrected chi connectivity index (χ4v) is 2.80. The molecule has 3 rings (SSSR count). The normalized spacial score (nSPS) is 16.5. The van der Waals surface area contributed by atoms with Crippen molar-refractivity contribution in [3.63, 3.8) is 0 Å². The molecule has 0 fully saturated rings. The SMILES string of the molecule is CCCCCOC(=O)C1=C(C)Nc2ncnn2[C@@H]1c1ccncc1. The summed E-state index contributed by atoms with van der Waals surface area (Å²) in [4.78, 5) is 20.9. The van der Waals surface area contributed by atoms with Crippen molar-refractivity contribution in [2.75, 3.05) is 11.9 Å². The molecule has 0 unspecified atom stereocenters. The summed E-state index contributed by atoms with van der Waals surface area (Å²) < 4.78 is 7.18. The molecular formula is C17H21N5O2. The minimum Gasteiger partial charge on any atom is -0.462 e. The number of aromatic nitrogens is 4. The molecular weight excluding hydrogens is 306 g/mol. The van der Waals surface area contributed by atoms with Crippen LogP contribution in [0.15, 0.2) is 42.1 Å². The van der Waals surface area contributed by atoms with Crippen molar-refractivity contribution in [2.45, 2.75) is 39.2 Å². The molecule has 7 nitrogen and oxygen atoms in total. The van der Waals surface area contributed by atoms with Crippen LogP contribution in [0, 0.1) is 0 Å². The maximum atomic E-state index is 12.7. The summed E-state index contributed by atoms with van der Waals surface area (Å²) in [5, 5.41) is 7.40. The molecule has 0 saturated heterocycles. The van der Waals surface area contributed by atoms with E-state index in [2.05, 4.69) is 27.3 Å². The van der Waals surface area contributed by atoms with E-state index in [1.807, 2.05) is 19.1 Å². The summed E-state index contributed by atoms with van der Waals surface area (Å²) in [6, 6.07) is 3.38. The van der Waals surface area contributed by atoms with Crippen LogP contribution in [-0.4, -0.2) is 32.3 Å². The van der Waals surface area contributed by atoms with Crippen LogP contribution < -0.4 is 5.32 Å². The largest absolute Gasteiger partial charge is 0.462 e. The lowest BCUT2D eigenvalue weighted by Gasteiger charge is -2.28. The number of pyridine rings is 1. The second-order valence-corrected chi connectivity index (χ2v) is 5.72. The Kier molecular flexibility index (Phi) is 4.88. The number of nitrogens with one attached hydrogen (secondary N) is 1. The van der Waals surface area contributed by atoms with Crippen molar-refractivity contribution >= 4 is 11.9 Å². The number of esters is 1. The van der Waals surface area contributed by atoms with Crippen LogP contribution in [0.1, 0.15) is 44.7 Å². The quantitative estimate of drug-likeness (QED) is 0.649. The average Bonchev–Trinajstić information content (AvgIpc) is 3.06. The first-order valence-electron chi connectivity index (χ1n) is 8.16. The van der Waals surface area contributed by atoms with E-state index < -0.39 is 0 Å². The van der Waals surface area contributed by atoms with Gasteiger partial charge < -0.3 is 10.1 Å². The first kappa shape index (κ1) is 16.2. The standard InChI is InChI=1S/C17H21N5O2/c1-3-4-5-10-24-16(23)14-12(2)21-17-19-11-20-22(17)15(14)13-6-8-18-9-7-13/h6-9,11,15H,3-5,10H2,1-2H3,(H,19,20,21)/t15-/m1/s1. The lowest BCUT2D eigenvalue weighted by molar-refractivity contribution is -0.139. The van der Waals surface area contributed by atoms with E-state index in [1.54, 1.807) is 17.1 Å². The van der Waals surface area contributed by atoms with E-state index in [0.29, 0.717) is 18.1 Å². The van der Waals surface area contributed by atoms with E-state index in [9.17, 15) is 4.79 Å². The number of nitrogens with zero attached hydrogens (tertiary/aromatic N) is 4. The van der Waals surface area contributed by atoms with Crippen LogP contribution in [0.4, 0.5) is 5.95 Å². The summed E-state index contributed by atoms with van der Waals surface area (Å²) in [5.41, 5.74) is 2.20. The Balaban J connectivity index is 1.91. The van der Waals surface area contributed by atoms with Crippen LogP contribution in [-0.2, 0) is 9.53 Å². The van der Waals surface area contributed by atoms with Crippen molar-refractivity contribution in [1.82, 2.24) is 19.7 Å². The third-order valence-corrected chi connectivity index (χ3v) is 4.02. The smallest absolute Gasteiger partial charge is 0.338 e. The highest BCUT2D eigenvalue weighted by molar-refractivity contribution is 5.92. The molecule has 1 aliphatic heterocycles. The molecule has 0 spiro atoms. The zero-order valence-corrected chi connectivity index (χ0v) is 13.9. The zero-order valence-electron chi connectivity index (χ0n) is 13.9.